The Morgan fingerprint density at radius 1 is 1.35 bits per heavy atom. The van der Waals surface area contributed by atoms with Gasteiger partial charge in [0.05, 0.1) is 0 Å². The first-order chi connectivity index (χ1) is 8.33. The number of aryl methyl sites for hydroxylation is 1. The van der Waals surface area contributed by atoms with Crippen LogP contribution in [0.5, 0.6) is 0 Å². The van der Waals surface area contributed by atoms with Crippen LogP contribution in [0.1, 0.15) is 31.9 Å². The molecule has 1 aromatic rings. The van der Waals surface area contributed by atoms with Crippen molar-refractivity contribution in [3.8, 4) is 0 Å². The predicted molar refractivity (Wildman–Crippen MR) is 70.0 cm³/mol. The summed E-state index contributed by atoms with van der Waals surface area (Å²) in [4.78, 5) is 11.0. The molecule has 0 saturated carbocycles. The van der Waals surface area contributed by atoms with E-state index < -0.39 is 0 Å². The summed E-state index contributed by atoms with van der Waals surface area (Å²) in [7, 11) is 0. The van der Waals surface area contributed by atoms with Crippen molar-refractivity contribution in [2.75, 3.05) is 24.5 Å². The maximum absolute atomic E-state index is 5.71. The number of hydrogen-bond acceptors (Lipinski definition) is 4. The second-order valence-electron chi connectivity index (χ2n) is 4.78. The van der Waals surface area contributed by atoms with Crippen LogP contribution in [0, 0.1) is 5.92 Å². The topological polar surface area (TPSA) is 55.0 Å². The minimum absolute atomic E-state index is 0.697. The van der Waals surface area contributed by atoms with Gasteiger partial charge < -0.3 is 10.6 Å². The number of aromatic nitrogens is 2. The summed E-state index contributed by atoms with van der Waals surface area (Å²) in [5, 5.41) is 0. The van der Waals surface area contributed by atoms with Crippen LogP contribution in [-0.4, -0.2) is 29.6 Å². The van der Waals surface area contributed by atoms with Crippen LogP contribution in [0.25, 0.3) is 0 Å². The fraction of sp³-hybridized carbons (Fsp3) is 0.692. The van der Waals surface area contributed by atoms with Gasteiger partial charge in [-0.2, -0.15) is 0 Å². The van der Waals surface area contributed by atoms with Crippen molar-refractivity contribution in [3.05, 3.63) is 18.1 Å². The monoisotopic (exact) mass is 234 g/mol. The molecule has 0 bridgehead atoms. The summed E-state index contributed by atoms with van der Waals surface area (Å²) in [6.07, 6.45) is 6.23. The average molecular weight is 234 g/mol. The van der Waals surface area contributed by atoms with E-state index in [0.717, 1.165) is 44.0 Å². The van der Waals surface area contributed by atoms with Gasteiger partial charge in [0.25, 0.3) is 0 Å². The molecular formula is C13H22N4. The lowest BCUT2D eigenvalue weighted by Gasteiger charge is -2.32. The second-order valence-corrected chi connectivity index (χ2v) is 4.78. The lowest BCUT2D eigenvalue weighted by Crippen LogP contribution is -2.36. The Kier molecular flexibility index (Phi) is 4.31. The fourth-order valence-corrected chi connectivity index (χ4v) is 2.35. The van der Waals surface area contributed by atoms with Crippen molar-refractivity contribution >= 4 is 5.82 Å². The molecule has 1 aliphatic rings. The number of nitrogens with zero attached hydrogens (tertiary/aromatic N) is 3. The predicted octanol–water partition coefficient (Wildman–Crippen LogP) is 1.60. The largest absolute Gasteiger partial charge is 0.356 e. The summed E-state index contributed by atoms with van der Waals surface area (Å²) in [6.45, 7) is 5.14. The number of anilines is 1. The minimum atomic E-state index is 0.697. The quantitative estimate of drug-likeness (QED) is 0.860. The maximum Gasteiger partial charge on any atom is 0.132 e. The van der Waals surface area contributed by atoms with Crippen LogP contribution in [-0.2, 0) is 6.42 Å². The van der Waals surface area contributed by atoms with E-state index in [4.69, 9.17) is 5.73 Å². The van der Waals surface area contributed by atoms with E-state index in [-0.39, 0.29) is 0 Å². The molecule has 0 unspecified atom stereocenters. The Balaban J connectivity index is 2.00. The normalized spacial score (nSPS) is 17.4. The highest BCUT2D eigenvalue weighted by Gasteiger charge is 2.19. The Morgan fingerprint density at radius 2 is 2.12 bits per heavy atom. The van der Waals surface area contributed by atoms with E-state index in [2.05, 4.69) is 27.9 Å². The number of rotatable bonds is 4. The molecule has 0 radical (unpaired) electrons. The van der Waals surface area contributed by atoms with E-state index in [9.17, 15) is 0 Å². The van der Waals surface area contributed by atoms with Crippen LogP contribution in [0.3, 0.4) is 0 Å². The second kappa shape index (κ2) is 5.96. The third kappa shape index (κ3) is 3.16. The Labute approximate surface area is 103 Å². The third-order valence-electron chi connectivity index (χ3n) is 3.49. The van der Waals surface area contributed by atoms with E-state index >= 15 is 0 Å². The van der Waals surface area contributed by atoms with E-state index in [1.165, 1.54) is 12.8 Å². The first-order valence-electron chi connectivity index (χ1n) is 6.59. The molecule has 4 heteroatoms. The molecule has 0 aromatic carbocycles. The van der Waals surface area contributed by atoms with Gasteiger partial charge in [-0.15, -0.1) is 0 Å². The van der Waals surface area contributed by atoms with E-state index in [1.54, 1.807) is 6.33 Å². The van der Waals surface area contributed by atoms with Crippen LogP contribution in [0.2, 0.25) is 0 Å². The van der Waals surface area contributed by atoms with Gasteiger partial charge in [-0.3, -0.25) is 0 Å². The fourth-order valence-electron chi connectivity index (χ4n) is 2.35. The zero-order chi connectivity index (χ0) is 12.1. The van der Waals surface area contributed by atoms with Crippen LogP contribution >= 0.6 is 0 Å². The van der Waals surface area contributed by atoms with Gasteiger partial charge >= 0.3 is 0 Å². The molecule has 2 N–H and O–H groups in total. The first-order valence-corrected chi connectivity index (χ1v) is 6.59. The van der Waals surface area contributed by atoms with Crippen molar-refractivity contribution in [2.24, 2.45) is 11.7 Å². The van der Waals surface area contributed by atoms with Gasteiger partial charge in [-0.1, -0.05) is 13.3 Å². The van der Waals surface area contributed by atoms with Gasteiger partial charge in [0.1, 0.15) is 12.1 Å². The van der Waals surface area contributed by atoms with Gasteiger partial charge in [0.15, 0.2) is 0 Å². The van der Waals surface area contributed by atoms with Crippen molar-refractivity contribution in [1.29, 1.82) is 0 Å². The zero-order valence-electron chi connectivity index (χ0n) is 10.6. The highest BCUT2D eigenvalue weighted by Crippen LogP contribution is 2.21. The summed E-state index contributed by atoms with van der Waals surface area (Å²) < 4.78 is 0. The summed E-state index contributed by atoms with van der Waals surface area (Å²) in [5.74, 6) is 1.78. The van der Waals surface area contributed by atoms with Crippen molar-refractivity contribution in [1.82, 2.24) is 9.97 Å². The Hall–Kier alpha value is -1.16. The van der Waals surface area contributed by atoms with Crippen LogP contribution < -0.4 is 10.6 Å². The maximum atomic E-state index is 5.71. The van der Waals surface area contributed by atoms with Gasteiger partial charge in [-0.05, 0) is 31.7 Å². The highest BCUT2D eigenvalue weighted by atomic mass is 15.2. The molecule has 2 heterocycles. The van der Waals surface area contributed by atoms with Gasteiger partial charge in [0, 0.05) is 24.8 Å². The number of piperidine rings is 1. The molecule has 0 atom stereocenters. The summed E-state index contributed by atoms with van der Waals surface area (Å²) >= 11 is 0. The molecule has 0 aliphatic carbocycles. The standard InChI is InChI=1S/C13H22N4/c1-2-3-12-8-13(16-10-15-12)17-6-4-11(9-14)5-7-17/h8,10-11H,2-7,9,14H2,1H3. The lowest BCUT2D eigenvalue weighted by atomic mass is 9.97. The van der Waals surface area contributed by atoms with Crippen LogP contribution in [0.4, 0.5) is 5.82 Å². The molecule has 1 aromatic heterocycles. The molecule has 17 heavy (non-hydrogen) atoms. The van der Waals surface area contributed by atoms with E-state index in [0.29, 0.717) is 5.92 Å². The molecular weight excluding hydrogens is 212 g/mol. The molecule has 0 amide bonds. The van der Waals surface area contributed by atoms with Crippen LogP contribution in [0.15, 0.2) is 12.4 Å². The minimum Gasteiger partial charge on any atom is -0.356 e. The van der Waals surface area contributed by atoms with Crippen molar-refractivity contribution in [2.45, 2.75) is 32.6 Å². The van der Waals surface area contributed by atoms with Gasteiger partial charge in [0.2, 0.25) is 0 Å². The zero-order valence-corrected chi connectivity index (χ0v) is 10.6. The van der Waals surface area contributed by atoms with E-state index in [1.807, 2.05) is 0 Å². The first kappa shape index (κ1) is 12.3. The SMILES string of the molecule is CCCc1cc(N2CCC(CN)CC2)ncn1. The summed E-state index contributed by atoms with van der Waals surface area (Å²) in [6, 6.07) is 2.13. The van der Waals surface area contributed by atoms with Crippen molar-refractivity contribution in [3.63, 3.8) is 0 Å². The highest BCUT2D eigenvalue weighted by molar-refractivity contribution is 5.39. The average Bonchev–Trinajstić information content (AvgIpc) is 2.40. The molecule has 94 valence electrons. The molecule has 2 rings (SSSR count). The van der Waals surface area contributed by atoms with Crippen molar-refractivity contribution < 1.29 is 0 Å². The van der Waals surface area contributed by atoms with Gasteiger partial charge in [-0.25, -0.2) is 9.97 Å². The molecule has 0 spiro atoms. The number of hydrogen-bond donors (Lipinski definition) is 1. The number of nitrogens with two attached hydrogens (primary N) is 1. The lowest BCUT2D eigenvalue weighted by molar-refractivity contribution is 0.413. The smallest absolute Gasteiger partial charge is 0.132 e. The Bertz CT molecular complexity index is 345. The Morgan fingerprint density at radius 3 is 2.76 bits per heavy atom. The molecule has 1 saturated heterocycles. The summed E-state index contributed by atoms with van der Waals surface area (Å²) in [5.41, 5.74) is 6.86. The molecule has 1 fully saturated rings. The molecule has 4 nitrogen and oxygen atoms in total. The third-order valence-corrected chi connectivity index (χ3v) is 3.49. The molecule has 1 aliphatic heterocycles.